The van der Waals surface area contributed by atoms with Gasteiger partial charge < -0.3 is 10.1 Å². The van der Waals surface area contributed by atoms with Crippen molar-refractivity contribution in [2.45, 2.75) is 0 Å². The predicted octanol–water partition coefficient (Wildman–Crippen LogP) is 2.87. The Morgan fingerprint density at radius 2 is 2.04 bits per heavy atom. The molecule has 1 amide bonds. The fourth-order valence-electron chi connectivity index (χ4n) is 2.88. The smallest absolute Gasteiger partial charge is 0.302 e. The predicted molar refractivity (Wildman–Crippen MR) is 95.9 cm³/mol. The summed E-state index contributed by atoms with van der Waals surface area (Å²) in [5.74, 6) is 2.36. The Labute approximate surface area is 148 Å². The Morgan fingerprint density at radius 1 is 1.23 bits per heavy atom. The van der Waals surface area contributed by atoms with Crippen LogP contribution in [0.25, 0.3) is 10.9 Å². The summed E-state index contributed by atoms with van der Waals surface area (Å²) >= 11 is 0. The normalized spacial score (nSPS) is 12.8. The van der Waals surface area contributed by atoms with E-state index < -0.39 is 5.91 Å². The van der Waals surface area contributed by atoms with Gasteiger partial charge in [0.1, 0.15) is 24.6 Å². The minimum Gasteiger partial charge on any atom is -0.489 e. The van der Waals surface area contributed by atoms with Gasteiger partial charge in [-0.25, -0.2) is 14.4 Å². The first-order chi connectivity index (χ1) is 12.7. The molecule has 0 atom stereocenters. The van der Waals surface area contributed by atoms with E-state index in [2.05, 4.69) is 21.2 Å². The van der Waals surface area contributed by atoms with Crippen LogP contribution in [0.5, 0.6) is 5.75 Å². The van der Waals surface area contributed by atoms with Gasteiger partial charge in [-0.1, -0.05) is 0 Å². The molecule has 128 valence electrons. The number of benzene rings is 2. The molecule has 26 heavy (non-hydrogen) atoms. The monoisotopic (exact) mass is 348 g/mol. The number of fused-ring (bicyclic) bond motifs is 3. The molecule has 7 heteroatoms. The van der Waals surface area contributed by atoms with E-state index in [0.717, 1.165) is 0 Å². The van der Waals surface area contributed by atoms with Crippen molar-refractivity contribution in [1.82, 2.24) is 9.97 Å². The Hall–Kier alpha value is -3.66. The van der Waals surface area contributed by atoms with Crippen LogP contribution in [0.3, 0.4) is 0 Å². The molecule has 6 nitrogen and oxygen atoms in total. The number of carbonyl (C=O) groups excluding carboxylic acids is 1. The van der Waals surface area contributed by atoms with Crippen LogP contribution in [0.2, 0.25) is 0 Å². The van der Waals surface area contributed by atoms with Gasteiger partial charge in [0.25, 0.3) is 0 Å². The molecule has 1 N–H and O–H groups in total. The van der Waals surface area contributed by atoms with Gasteiger partial charge in [0.2, 0.25) is 0 Å². The van der Waals surface area contributed by atoms with E-state index in [1.807, 2.05) is 0 Å². The zero-order valence-corrected chi connectivity index (χ0v) is 13.6. The van der Waals surface area contributed by atoms with Gasteiger partial charge in [0.15, 0.2) is 5.75 Å². The first-order valence-corrected chi connectivity index (χ1v) is 7.88. The number of amides is 1. The number of rotatable bonds is 2. The largest absolute Gasteiger partial charge is 0.489 e. The second kappa shape index (κ2) is 6.33. The number of anilines is 3. The topological polar surface area (TPSA) is 67.4 Å². The summed E-state index contributed by atoms with van der Waals surface area (Å²) < 4.78 is 18.9. The fourth-order valence-corrected chi connectivity index (χ4v) is 2.88. The zero-order chi connectivity index (χ0) is 18.1. The average molecular weight is 348 g/mol. The molecule has 1 aromatic heterocycles. The van der Waals surface area contributed by atoms with E-state index in [4.69, 9.17) is 11.2 Å². The molecule has 0 bridgehead atoms. The first kappa shape index (κ1) is 15.8. The van der Waals surface area contributed by atoms with E-state index >= 15 is 0 Å². The summed E-state index contributed by atoms with van der Waals surface area (Å²) in [6, 6.07) is 9.44. The van der Waals surface area contributed by atoms with Gasteiger partial charge in [0, 0.05) is 5.69 Å². The van der Waals surface area contributed by atoms with Crippen molar-refractivity contribution in [3.05, 3.63) is 48.5 Å². The summed E-state index contributed by atoms with van der Waals surface area (Å²) in [7, 11) is 0. The standard InChI is InChI=1S/C19H13FN4O2/c1-2-16(25)24-9-10-26-18-15(24)8-7-14-17(18)19(22-11-21-14)23-13-5-3-12(20)4-6-13/h1,3-8,11H,9-10H2,(H,21,22,23). The van der Waals surface area contributed by atoms with Crippen molar-refractivity contribution in [1.29, 1.82) is 0 Å². The number of nitrogens with zero attached hydrogens (tertiary/aromatic N) is 3. The molecule has 0 spiro atoms. The van der Waals surface area contributed by atoms with E-state index in [1.54, 1.807) is 24.3 Å². The van der Waals surface area contributed by atoms with Gasteiger partial charge in [-0.05, 0) is 42.3 Å². The minimum absolute atomic E-state index is 0.310. The second-order valence-corrected chi connectivity index (χ2v) is 5.61. The van der Waals surface area contributed by atoms with Gasteiger partial charge >= 0.3 is 5.91 Å². The third kappa shape index (κ3) is 2.67. The van der Waals surface area contributed by atoms with E-state index in [1.165, 1.54) is 23.4 Å². The Balaban J connectivity index is 1.86. The van der Waals surface area contributed by atoms with Crippen LogP contribution >= 0.6 is 0 Å². The molecule has 0 saturated heterocycles. The Morgan fingerprint density at radius 3 is 2.81 bits per heavy atom. The van der Waals surface area contributed by atoms with Crippen molar-refractivity contribution in [3.8, 4) is 18.1 Å². The summed E-state index contributed by atoms with van der Waals surface area (Å²) in [5.41, 5.74) is 1.89. The lowest BCUT2D eigenvalue weighted by Gasteiger charge is -2.29. The highest BCUT2D eigenvalue weighted by atomic mass is 19.1. The van der Waals surface area contributed by atoms with Crippen LogP contribution < -0.4 is 15.0 Å². The number of hydrogen-bond acceptors (Lipinski definition) is 5. The highest BCUT2D eigenvalue weighted by Gasteiger charge is 2.26. The maximum atomic E-state index is 13.1. The Kier molecular flexibility index (Phi) is 3.86. The lowest BCUT2D eigenvalue weighted by atomic mass is 10.1. The maximum Gasteiger partial charge on any atom is 0.302 e. The molecule has 0 aliphatic carbocycles. The lowest BCUT2D eigenvalue weighted by molar-refractivity contribution is -0.113. The molecular formula is C19H13FN4O2. The Bertz CT molecular complexity index is 1040. The number of nitrogens with one attached hydrogen (secondary N) is 1. The highest BCUT2D eigenvalue weighted by molar-refractivity contribution is 6.10. The van der Waals surface area contributed by atoms with Crippen molar-refractivity contribution in [3.63, 3.8) is 0 Å². The number of hydrogen-bond donors (Lipinski definition) is 1. The summed E-state index contributed by atoms with van der Waals surface area (Å²) in [4.78, 5) is 22.1. The van der Waals surface area contributed by atoms with Crippen LogP contribution in [0.4, 0.5) is 21.6 Å². The third-order valence-corrected chi connectivity index (χ3v) is 4.06. The average Bonchev–Trinajstić information content (AvgIpc) is 2.68. The van der Waals surface area contributed by atoms with Crippen LogP contribution in [0, 0.1) is 18.2 Å². The minimum atomic E-state index is -0.432. The van der Waals surface area contributed by atoms with Gasteiger partial charge in [-0.15, -0.1) is 6.42 Å². The summed E-state index contributed by atoms with van der Waals surface area (Å²) in [6.07, 6.45) is 6.69. The van der Waals surface area contributed by atoms with Crippen LogP contribution in [-0.4, -0.2) is 29.0 Å². The van der Waals surface area contributed by atoms with E-state index in [-0.39, 0.29) is 5.82 Å². The van der Waals surface area contributed by atoms with Gasteiger partial charge in [-0.3, -0.25) is 9.69 Å². The molecule has 3 aromatic rings. The van der Waals surface area contributed by atoms with Crippen LogP contribution in [-0.2, 0) is 4.79 Å². The van der Waals surface area contributed by atoms with E-state index in [9.17, 15) is 9.18 Å². The number of terminal acetylenes is 1. The second-order valence-electron chi connectivity index (χ2n) is 5.61. The molecule has 0 saturated carbocycles. The zero-order valence-electron chi connectivity index (χ0n) is 13.6. The molecule has 2 heterocycles. The molecule has 1 aliphatic heterocycles. The van der Waals surface area contributed by atoms with Crippen LogP contribution in [0.1, 0.15) is 0 Å². The van der Waals surface area contributed by atoms with Crippen molar-refractivity contribution in [2.24, 2.45) is 0 Å². The molecule has 0 radical (unpaired) electrons. The van der Waals surface area contributed by atoms with Crippen molar-refractivity contribution < 1.29 is 13.9 Å². The molecule has 2 aromatic carbocycles. The molecule has 4 rings (SSSR count). The third-order valence-electron chi connectivity index (χ3n) is 4.06. The fraction of sp³-hybridized carbons (Fsp3) is 0.105. The summed E-state index contributed by atoms with van der Waals surface area (Å²) in [6.45, 7) is 0.681. The molecular weight excluding hydrogens is 335 g/mol. The lowest BCUT2D eigenvalue weighted by Crippen LogP contribution is -2.37. The summed E-state index contributed by atoms with van der Waals surface area (Å²) in [5, 5.41) is 3.77. The SMILES string of the molecule is C#CC(=O)N1CCOc2c1ccc1ncnc(Nc3ccc(F)cc3)c21. The van der Waals surface area contributed by atoms with Crippen LogP contribution in [0.15, 0.2) is 42.7 Å². The van der Waals surface area contributed by atoms with Gasteiger partial charge in [-0.2, -0.15) is 0 Å². The number of aromatic nitrogens is 2. The quantitative estimate of drug-likeness (QED) is 0.722. The molecule has 0 fully saturated rings. The molecule has 1 aliphatic rings. The molecule has 0 unspecified atom stereocenters. The first-order valence-electron chi connectivity index (χ1n) is 7.88. The van der Waals surface area contributed by atoms with Gasteiger partial charge in [0.05, 0.1) is 23.1 Å². The number of carbonyl (C=O) groups is 1. The van der Waals surface area contributed by atoms with Crippen molar-refractivity contribution in [2.75, 3.05) is 23.4 Å². The van der Waals surface area contributed by atoms with E-state index in [0.29, 0.717) is 47.0 Å². The number of halogens is 1. The maximum absolute atomic E-state index is 13.1. The highest BCUT2D eigenvalue weighted by Crippen LogP contribution is 2.41. The number of ether oxygens (including phenoxy) is 1. The van der Waals surface area contributed by atoms with Crippen molar-refractivity contribution >= 4 is 34.0 Å².